The molecule has 0 bridgehead atoms. The Morgan fingerprint density at radius 1 is 1.19 bits per heavy atom. The van der Waals surface area contributed by atoms with Gasteiger partial charge in [-0.25, -0.2) is 9.97 Å². The maximum atomic E-state index is 5.84. The molecule has 0 saturated carbocycles. The molecule has 0 aliphatic carbocycles. The van der Waals surface area contributed by atoms with Crippen LogP contribution < -0.4 is 5.32 Å². The second-order valence-electron chi connectivity index (χ2n) is 3.46. The summed E-state index contributed by atoms with van der Waals surface area (Å²) in [5, 5.41) is 3.67. The van der Waals surface area contributed by atoms with Gasteiger partial charge < -0.3 is 5.32 Å². The fourth-order valence-electron chi connectivity index (χ4n) is 1.41. The lowest BCUT2D eigenvalue weighted by Gasteiger charge is -2.06. The number of nitrogens with zero attached hydrogens (tertiary/aromatic N) is 2. The molecule has 0 spiro atoms. The number of anilines is 1. The summed E-state index contributed by atoms with van der Waals surface area (Å²) in [5.74, 6) is 1.42. The third-order valence-electron chi connectivity index (χ3n) is 2.12. The van der Waals surface area contributed by atoms with Crippen molar-refractivity contribution >= 4 is 17.4 Å². The van der Waals surface area contributed by atoms with Gasteiger partial charge in [0.2, 0.25) is 0 Å². The van der Waals surface area contributed by atoms with Gasteiger partial charge in [0, 0.05) is 12.6 Å². The highest BCUT2D eigenvalue weighted by molar-refractivity contribution is 6.29. The van der Waals surface area contributed by atoms with Gasteiger partial charge in [-0.15, -0.1) is 0 Å². The molecule has 82 valence electrons. The Balaban J connectivity index is 2.05. The average molecular weight is 234 g/mol. The van der Waals surface area contributed by atoms with Crippen molar-refractivity contribution in [3.8, 4) is 0 Å². The number of rotatable bonds is 3. The minimum absolute atomic E-state index is 0.461. The zero-order valence-electron chi connectivity index (χ0n) is 8.94. The Hall–Kier alpha value is -1.61. The van der Waals surface area contributed by atoms with E-state index >= 15 is 0 Å². The van der Waals surface area contributed by atoms with Crippen molar-refractivity contribution in [3.05, 3.63) is 52.9 Å². The van der Waals surface area contributed by atoms with Crippen molar-refractivity contribution in [1.82, 2.24) is 9.97 Å². The van der Waals surface area contributed by atoms with Gasteiger partial charge in [0.15, 0.2) is 0 Å². The molecule has 3 nitrogen and oxygen atoms in total. The van der Waals surface area contributed by atoms with Gasteiger partial charge in [0.25, 0.3) is 0 Å². The number of halogens is 1. The Morgan fingerprint density at radius 2 is 1.94 bits per heavy atom. The summed E-state index contributed by atoms with van der Waals surface area (Å²) in [6.07, 6.45) is 0. The summed E-state index contributed by atoms with van der Waals surface area (Å²) in [6.45, 7) is 2.55. The Morgan fingerprint density at radius 3 is 2.62 bits per heavy atom. The van der Waals surface area contributed by atoms with E-state index in [4.69, 9.17) is 11.6 Å². The number of hydrogen-bond donors (Lipinski definition) is 1. The number of nitrogens with one attached hydrogen (secondary N) is 1. The topological polar surface area (TPSA) is 37.8 Å². The zero-order valence-corrected chi connectivity index (χ0v) is 9.70. The van der Waals surface area contributed by atoms with Gasteiger partial charge in [0.05, 0.1) is 0 Å². The summed E-state index contributed by atoms with van der Waals surface area (Å²) in [5.41, 5.74) is 1.20. The van der Waals surface area contributed by atoms with Gasteiger partial charge in [0.1, 0.15) is 16.8 Å². The minimum atomic E-state index is 0.461. The largest absolute Gasteiger partial charge is 0.366 e. The molecule has 2 aromatic rings. The van der Waals surface area contributed by atoms with Crippen LogP contribution in [-0.2, 0) is 6.54 Å². The molecule has 0 aliphatic rings. The Labute approximate surface area is 99.5 Å². The van der Waals surface area contributed by atoms with Crippen LogP contribution in [0.15, 0.2) is 36.4 Å². The highest BCUT2D eigenvalue weighted by Crippen LogP contribution is 2.12. The molecular formula is C12H12ClN3. The van der Waals surface area contributed by atoms with Crippen LogP contribution in [0.3, 0.4) is 0 Å². The van der Waals surface area contributed by atoms with Crippen molar-refractivity contribution in [3.63, 3.8) is 0 Å². The normalized spacial score (nSPS) is 10.1. The van der Waals surface area contributed by atoms with Crippen LogP contribution in [0.4, 0.5) is 5.82 Å². The van der Waals surface area contributed by atoms with Crippen molar-refractivity contribution < 1.29 is 0 Å². The summed E-state index contributed by atoms with van der Waals surface area (Å²) >= 11 is 5.84. The predicted molar refractivity (Wildman–Crippen MR) is 65.5 cm³/mol. The lowest BCUT2D eigenvalue weighted by molar-refractivity contribution is 1.02. The van der Waals surface area contributed by atoms with Crippen LogP contribution in [-0.4, -0.2) is 9.97 Å². The number of aromatic nitrogens is 2. The molecule has 1 heterocycles. The van der Waals surface area contributed by atoms with E-state index in [2.05, 4.69) is 27.4 Å². The molecule has 1 aromatic heterocycles. The monoisotopic (exact) mass is 233 g/mol. The van der Waals surface area contributed by atoms with Gasteiger partial charge in [-0.3, -0.25) is 0 Å². The van der Waals surface area contributed by atoms with E-state index in [0.717, 1.165) is 12.4 Å². The van der Waals surface area contributed by atoms with Crippen molar-refractivity contribution in [2.75, 3.05) is 5.32 Å². The quantitative estimate of drug-likeness (QED) is 0.828. The summed E-state index contributed by atoms with van der Waals surface area (Å²) in [7, 11) is 0. The zero-order chi connectivity index (χ0) is 11.4. The standard InChI is InChI=1S/C12H12ClN3/c1-9-15-11(13)7-12(16-9)14-8-10-5-3-2-4-6-10/h2-7H,8H2,1H3,(H,14,15,16). The summed E-state index contributed by atoms with van der Waals surface area (Å²) in [6, 6.07) is 11.8. The van der Waals surface area contributed by atoms with Crippen LogP contribution in [0, 0.1) is 6.92 Å². The smallest absolute Gasteiger partial charge is 0.134 e. The van der Waals surface area contributed by atoms with E-state index in [1.54, 1.807) is 6.07 Å². The highest BCUT2D eigenvalue weighted by Gasteiger charge is 1.99. The predicted octanol–water partition coefficient (Wildman–Crippen LogP) is 3.05. The third kappa shape index (κ3) is 2.94. The Kier molecular flexibility index (Phi) is 3.37. The first-order chi connectivity index (χ1) is 7.74. The molecular weight excluding hydrogens is 222 g/mol. The maximum Gasteiger partial charge on any atom is 0.134 e. The minimum Gasteiger partial charge on any atom is -0.366 e. The fraction of sp³-hybridized carbons (Fsp3) is 0.167. The lowest BCUT2D eigenvalue weighted by Crippen LogP contribution is -2.02. The van der Waals surface area contributed by atoms with Gasteiger partial charge in [-0.2, -0.15) is 0 Å². The first kappa shape index (κ1) is 10.9. The van der Waals surface area contributed by atoms with E-state index in [9.17, 15) is 0 Å². The summed E-state index contributed by atoms with van der Waals surface area (Å²) in [4.78, 5) is 8.25. The van der Waals surface area contributed by atoms with E-state index < -0.39 is 0 Å². The Bertz CT molecular complexity index is 451. The molecule has 1 aromatic carbocycles. The maximum absolute atomic E-state index is 5.84. The van der Waals surface area contributed by atoms with Crippen molar-refractivity contribution in [1.29, 1.82) is 0 Å². The second kappa shape index (κ2) is 4.94. The molecule has 0 saturated heterocycles. The molecule has 16 heavy (non-hydrogen) atoms. The molecule has 1 N–H and O–H groups in total. The van der Waals surface area contributed by atoms with E-state index in [1.807, 2.05) is 25.1 Å². The molecule has 0 atom stereocenters. The van der Waals surface area contributed by atoms with Crippen molar-refractivity contribution in [2.45, 2.75) is 13.5 Å². The lowest BCUT2D eigenvalue weighted by atomic mass is 10.2. The van der Waals surface area contributed by atoms with Crippen molar-refractivity contribution in [2.24, 2.45) is 0 Å². The van der Waals surface area contributed by atoms with Crippen LogP contribution in [0.5, 0.6) is 0 Å². The second-order valence-corrected chi connectivity index (χ2v) is 3.85. The third-order valence-corrected chi connectivity index (χ3v) is 2.32. The molecule has 0 fully saturated rings. The van der Waals surface area contributed by atoms with E-state index in [0.29, 0.717) is 11.0 Å². The highest BCUT2D eigenvalue weighted by atomic mass is 35.5. The molecule has 0 unspecified atom stereocenters. The molecule has 4 heteroatoms. The number of hydrogen-bond acceptors (Lipinski definition) is 3. The van der Waals surface area contributed by atoms with E-state index in [-0.39, 0.29) is 0 Å². The molecule has 2 rings (SSSR count). The van der Waals surface area contributed by atoms with Crippen LogP contribution in [0.1, 0.15) is 11.4 Å². The first-order valence-electron chi connectivity index (χ1n) is 5.03. The fourth-order valence-corrected chi connectivity index (χ4v) is 1.64. The average Bonchev–Trinajstić information content (AvgIpc) is 2.27. The van der Waals surface area contributed by atoms with Gasteiger partial charge in [-0.1, -0.05) is 41.9 Å². The van der Waals surface area contributed by atoms with Crippen LogP contribution in [0.25, 0.3) is 0 Å². The van der Waals surface area contributed by atoms with Gasteiger partial charge in [-0.05, 0) is 12.5 Å². The van der Waals surface area contributed by atoms with Crippen LogP contribution in [0.2, 0.25) is 5.15 Å². The SMILES string of the molecule is Cc1nc(Cl)cc(NCc2ccccc2)n1. The van der Waals surface area contributed by atoms with Crippen LogP contribution >= 0.6 is 11.6 Å². The number of benzene rings is 1. The first-order valence-corrected chi connectivity index (χ1v) is 5.41. The summed E-state index contributed by atoms with van der Waals surface area (Å²) < 4.78 is 0. The molecule has 0 aliphatic heterocycles. The van der Waals surface area contributed by atoms with Gasteiger partial charge >= 0.3 is 0 Å². The molecule has 0 amide bonds. The number of aryl methyl sites for hydroxylation is 1. The van der Waals surface area contributed by atoms with E-state index in [1.165, 1.54) is 5.56 Å². The molecule has 0 radical (unpaired) electrons.